The van der Waals surface area contributed by atoms with Crippen LogP contribution in [0, 0.1) is 6.92 Å². The van der Waals surface area contributed by atoms with Gasteiger partial charge in [0.25, 0.3) is 5.91 Å². The van der Waals surface area contributed by atoms with Gasteiger partial charge in [-0.15, -0.1) is 0 Å². The second-order valence-electron chi connectivity index (χ2n) is 6.86. The number of amides is 2. The molecule has 132 valence electrons. The molecular formula is C17H24N2O5. The third kappa shape index (κ3) is 2.93. The van der Waals surface area contributed by atoms with Crippen molar-refractivity contribution < 1.29 is 24.2 Å². The van der Waals surface area contributed by atoms with Crippen molar-refractivity contribution in [3.8, 4) is 0 Å². The molecule has 2 atom stereocenters. The Morgan fingerprint density at radius 3 is 2.79 bits per heavy atom. The van der Waals surface area contributed by atoms with Gasteiger partial charge in [0.15, 0.2) is 0 Å². The van der Waals surface area contributed by atoms with E-state index in [1.807, 2.05) is 0 Å². The molecule has 7 heteroatoms. The normalized spacial score (nSPS) is 26.3. The SMILES string of the molecule is CC(=O)NC[C@]1(O)CN(C(=O)c2c(C)oc3c2CCCC3)C[C@H]1O. The van der Waals surface area contributed by atoms with Crippen molar-refractivity contribution in [1.29, 1.82) is 0 Å². The van der Waals surface area contributed by atoms with E-state index in [1.54, 1.807) is 6.92 Å². The predicted molar refractivity (Wildman–Crippen MR) is 85.6 cm³/mol. The molecule has 0 bridgehead atoms. The number of furan rings is 1. The van der Waals surface area contributed by atoms with E-state index in [1.165, 1.54) is 11.8 Å². The summed E-state index contributed by atoms with van der Waals surface area (Å²) in [4.78, 5) is 25.4. The van der Waals surface area contributed by atoms with Crippen molar-refractivity contribution in [2.75, 3.05) is 19.6 Å². The lowest BCUT2D eigenvalue weighted by Crippen LogP contribution is -2.51. The molecule has 24 heavy (non-hydrogen) atoms. The molecular weight excluding hydrogens is 312 g/mol. The lowest BCUT2D eigenvalue weighted by Gasteiger charge is -2.25. The summed E-state index contributed by atoms with van der Waals surface area (Å²) in [7, 11) is 0. The van der Waals surface area contributed by atoms with Crippen LogP contribution in [0.2, 0.25) is 0 Å². The van der Waals surface area contributed by atoms with Gasteiger partial charge in [-0.05, 0) is 26.2 Å². The van der Waals surface area contributed by atoms with Gasteiger partial charge in [-0.2, -0.15) is 0 Å². The number of likely N-dealkylation sites (tertiary alicyclic amines) is 1. The number of hydrogen-bond acceptors (Lipinski definition) is 5. The van der Waals surface area contributed by atoms with Gasteiger partial charge in [0, 0.05) is 25.5 Å². The van der Waals surface area contributed by atoms with Gasteiger partial charge in [0.1, 0.15) is 23.2 Å². The first kappa shape index (κ1) is 17.0. The predicted octanol–water partition coefficient (Wildman–Crippen LogP) is 0.151. The van der Waals surface area contributed by atoms with Crippen LogP contribution in [0.15, 0.2) is 4.42 Å². The molecule has 0 aromatic carbocycles. The van der Waals surface area contributed by atoms with Crippen LogP contribution in [0.4, 0.5) is 0 Å². The second kappa shape index (κ2) is 6.22. The number of hydrogen-bond donors (Lipinski definition) is 3. The average Bonchev–Trinajstić information content (AvgIpc) is 3.02. The molecule has 1 saturated heterocycles. The summed E-state index contributed by atoms with van der Waals surface area (Å²) in [5.74, 6) is 0.964. The average molecular weight is 336 g/mol. The summed E-state index contributed by atoms with van der Waals surface area (Å²) in [6.07, 6.45) is 2.66. The maximum absolute atomic E-state index is 12.9. The minimum atomic E-state index is -1.53. The van der Waals surface area contributed by atoms with E-state index < -0.39 is 11.7 Å². The molecule has 1 aliphatic heterocycles. The summed E-state index contributed by atoms with van der Waals surface area (Å²) in [5, 5.41) is 23.2. The lowest BCUT2D eigenvalue weighted by molar-refractivity contribution is -0.121. The molecule has 7 nitrogen and oxygen atoms in total. The number of carbonyl (C=O) groups excluding carboxylic acids is 2. The van der Waals surface area contributed by atoms with E-state index >= 15 is 0 Å². The van der Waals surface area contributed by atoms with E-state index in [4.69, 9.17) is 4.42 Å². The van der Waals surface area contributed by atoms with Crippen molar-refractivity contribution in [2.45, 2.75) is 51.2 Å². The molecule has 3 rings (SSSR count). The molecule has 2 amide bonds. The first-order chi connectivity index (χ1) is 11.3. The molecule has 0 spiro atoms. The van der Waals surface area contributed by atoms with Gasteiger partial charge in [-0.1, -0.05) is 0 Å². The van der Waals surface area contributed by atoms with Gasteiger partial charge in [-0.3, -0.25) is 9.59 Å². The third-order valence-electron chi connectivity index (χ3n) is 4.97. The van der Waals surface area contributed by atoms with Crippen molar-refractivity contribution >= 4 is 11.8 Å². The van der Waals surface area contributed by atoms with Crippen LogP contribution in [0.25, 0.3) is 0 Å². The summed E-state index contributed by atoms with van der Waals surface area (Å²) in [5.41, 5.74) is 0.00943. The number of β-amino-alcohol motifs (C(OH)–C–C–N with tert-alkyl or cyclic N) is 2. The molecule has 1 aromatic heterocycles. The molecule has 0 saturated carbocycles. The van der Waals surface area contributed by atoms with E-state index in [9.17, 15) is 19.8 Å². The van der Waals surface area contributed by atoms with E-state index in [0.717, 1.165) is 37.0 Å². The van der Waals surface area contributed by atoms with Crippen molar-refractivity contribution in [2.24, 2.45) is 0 Å². The zero-order chi connectivity index (χ0) is 17.5. The number of aliphatic hydroxyl groups is 2. The van der Waals surface area contributed by atoms with Crippen LogP contribution in [-0.4, -0.2) is 58.3 Å². The number of fused-ring (bicyclic) bond motifs is 1. The molecule has 3 N–H and O–H groups in total. The maximum Gasteiger partial charge on any atom is 0.257 e. The number of carbonyl (C=O) groups is 2. The highest BCUT2D eigenvalue weighted by Crippen LogP contribution is 2.32. The monoisotopic (exact) mass is 336 g/mol. The van der Waals surface area contributed by atoms with Gasteiger partial charge in [0.2, 0.25) is 5.91 Å². The zero-order valence-corrected chi connectivity index (χ0v) is 14.1. The number of nitrogens with one attached hydrogen (secondary N) is 1. The Hall–Kier alpha value is -1.86. The summed E-state index contributed by atoms with van der Waals surface area (Å²) < 4.78 is 5.75. The Morgan fingerprint density at radius 2 is 2.08 bits per heavy atom. The number of rotatable bonds is 3. The first-order valence-corrected chi connectivity index (χ1v) is 8.37. The summed E-state index contributed by atoms with van der Waals surface area (Å²) in [6, 6.07) is 0. The van der Waals surface area contributed by atoms with Crippen molar-refractivity contribution in [3.05, 3.63) is 22.6 Å². The van der Waals surface area contributed by atoms with Crippen LogP contribution < -0.4 is 5.32 Å². The standard InChI is InChI=1S/C17H24N2O5/c1-10-15(12-5-3-4-6-13(12)24-10)16(22)19-7-14(21)17(23,9-19)8-18-11(2)20/h14,21,23H,3-9H2,1-2H3,(H,18,20)/t14-,17+/m1/s1. The van der Waals surface area contributed by atoms with E-state index in [-0.39, 0.29) is 31.4 Å². The number of aryl methyl sites for hydroxylation is 2. The molecule has 2 heterocycles. The Labute approximate surface area is 140 Å². The molecule has 1 aromatic rings. The maximum atomic E-state index is 12.9. The fourth-order valence-corrected chi connectivity index (χ4v) is 3.63. The number of aliphatic hydroxyl groups excluding tert-OH is 1. The Kier molecular flexibility index (Phi) is 4.40. The fraction of sp³-hybridized carbons (Fsp3) is 0.647. The molecule has 0 radical (unpaired) electrons. The Bertz CT molecular complexity index is 668. The Morgan fingerprint density at radius 1 is 1.38 bits per heavy atom. The minimum Gasteiger partial charge on any atom is -0.465 e. The van der Waals surface area contributed by atoms with Crippen molar-refractivity contribution in [1.82, 2.24) is 10.2 Å². The summed E-state index contributed by atoms with van der Waals surface area (Å²) >= 11 is 0. The second-order valence-corrected chi connectivity index (χ2v) is 6.86. The van der Waals surface area contributed by atoms with Crippen LogP contribution in [0.3, 0.4) is 0 Å². The molecule has 0 unspecified atom stereocenters. The van der Waals surface area contributed by atoms with Gasteiger partial charge < -0.3 is 24.8 Å². The van der Waals surface area contributed by atoms with Crippen LogP contribution >= 0.6 is 0 Å². The largest absolute Gasteiger partial charge is 0.465 e. The topological polar surface area (TPSA) is 103 Å². The highest BCUT2D eigenvalue weighted by atomic mass is 16.4. The Balaban J connectivity index is 1.79. The first-order valence-electron chi connectivity index (χ1n) is 8.37. The van der Waals surface area contributed by atoms with Crippen LogP contribution in [0.1, 0.15) is 47.2 Å². The van der Waals surface area contributed by atoms with Crippen molar-refractivity contribution in [3.63, 3.8) is 0 Å². The number of nitrogens with zero attached hydrogens (tertiary/aromatic N) is 1. The quantitative estimate of drug-likeness (QED) is 0.729. The lowest BCUT2D eigenvalue weighted by atomic mass is 9.94. The fourth-order valence-electron chi connectivity index (χ4n) is 3.63. The van der Waals surface area contributed by atoms with E-state index in [0.29, 0.717) is 11.3 Å². The van der Waals surface area contributed by atoms with E-state index in [2.05, 4.69) is 5.32 Å². The molecule has 1 fully saturated rings. The molecule has 2 aliphatic rings. The molecule has 1 aliphatic carbocycles. The van der Waals surface area contributed by atoms with Gasteiger partial charge in [0.05, 0.1) is 18.7 Å². The highest BCUT2D eigenvalue weighted by Gasteiger charge is 2.47. The smallest absolute Gasteiger partial charge is 0.257 e. The minimum absolute atomic E-state index is 0.0212. The van der Waals surface area contributed by atoms with Gasteiger partial charge >= 0.3 is 0 Å². The van der Waals surface area contributed by atoms with Crippen LogP contribution in [-0.2, 0) is 17.6 Å². The summed E-state index contributed by atoms with van der Waals surface area (Å²) in [6.45, 7) is 3.05. The highest BCUT2D eigenvalue weighted by molar-refractivity contribution is 5.97. The van der Waals surface area contributed by atoms with Gasteiger partial charge in [-0.25, -0.2) is 0 Å². The zero-order valence-electron chi connectivity index (χ0n) is 14.1. The third-order valence-corrected chi connectivity index (χ3v) is 4.97. The van der Waals surface area contributed by atoms with Crippen LogP contribution in [0.5, 0.6) is 0 Å².